The monoisotopic (exact) mass is 222 g/mol. The van der Waals surface area contributed by atoms with E-state index in [2.05, 4.69) is 9.98 Å². The fourth-order valence-corrected chi connectivity index (χ4v) is 3.17. The molecule has 1 aromatic heterocycles. The molecule has 0 radical (unpaired) electrons. The molecule has 1 atom stereocenters. The van der Waals surface area contributed by atoms with Crippen LogP contribution in [-0.2, 0) is 4.79 Å². The van der Waals surface area contributed by atoms with Gasteiger partial charge in [0.2, 0.25) is 0 Å². The molecule has 1 aliphatic rings. The van der Waals surface area contributed by atoms with Gasteiger partial charge in [-0.25, -0.2) is 4.79 Å². The molecule has 0 fully saturated rings. The summed E-state index contributed by atoms with van der Waals surface area (Å²) in [5.74, 6) is -0.901. The van der Waals surface area contributed by atoms with Crippen LogP contribution in [0.1, 0.15) is 6.92 Å². The van der Waals surface area contributed by atoms with Crippen molar-refractivity contribution in [2.24, 2.45) is 4.99 Å². The van der Waals surface area contributed by atoms with Gasteiger partial charge in [-0.1, -0.05) is 6.07 Å². The minimum Gasteiger partial charge on any atom is -0.477 e. The summed E-state index contributed by atoms with van der Waals surface area (Å²) in [6.45, 7) is 1.71. The van der Waals surface area contributed by atoms with E-state index in [0.717, 1.165) is 5.03 Å². The number of aliphatic carboxylic acids is 1. The summed E-state index contributed by atoms with van der Waals surface area (Å²) in [5.41, 5.74) is 2.27. The van der Waals surface area contributed by atoms with Crippen LogP contribution in [0, 0.1) is 0 Å². The summed E-state index contributed by atoms with van der Waals surface area (Å²) in [6.07, 6.45) is 1.67. The Bertz CT molecular complexity index is 454. The zero-order valence-electron chi connectivity index (χ0n) is 8.08. The average Bonchev–Trinajstić information content (AvgIpc) is 2.61. The van der Waals surface area contributed by atoms with Crippen molar-refractivity contribution in [3.63, 3.8) is 0 Å². The van der Waals surface area contributed by atoms with Crippen molar-refractivity contribution >= 4 is 22.4 Å². The maximum absolute atomic E-state index is 11.0. The van der Waals surface area contributed by atoms with Gasteiger partial charge in [0.25, 0.3) is 0 Å². The van der Waals surface area contributed by atoms with Crippen LogP contribution >= 0.6 is 10.9 Å². The van der Waals surface area contributed by atoms with Crippen molar-refractivity contribution in [3.8, 4) is 0 Å². The van der Waals surface area contributed by atoms with Crippen molar-refractivity contribution in [1.29, 1.82) is 0 Å². The van der Waals surface area contributed by atoms with Gasteiger partial charge in [0.15, 0.2) is 0 Å². The average molecular weight is 222 g/mol. The Labute approximate surface area is 89.7 Å². The predicted molar refractivity (Wildman–Crippen MR) is 60.3 cm³/mol. The first kappa shape index (κ1) is 9.92. The molecule has 1 aliphatic heterocycles. The molecule has 0 aromatic carbocycles. The third kappa shape index (κ3) is 1.78. The Balaban J connectivity index is 2.41. The smallest absolute Gasteiger partial charge is 0.343 e. The lowest BCUT2D eigenvalue weighted by Crippen LogP contribution is -2.02. The molecular formula is C10H10N2O2S. The number of carbonyl (C=O) groups is 1. The molecule has 0 saturated heterocycles. The summed E-state index contributed by atoms with van der Waals surface area (Å²) in [5, 5.41) is 9.85. The van der Waals surface area contributed by atoms with Crippen LogP contribution < -0.4 is 0 Å². The summed E-state index contributed by atoms with van der Waals surface area (Å²) in [4.78, 5) is 19.7. The molecule has 1 N–H and O–H groups in total. The Hall–Kier alpha value is -1.62. The van der Waals surface area contributed by atoms with E-state index in [-0.39, 0.29) is 0 Å². The number of nitrogens with zero attached hydrogens (tertiary/aromatic N) is 2. The number of hydrogen-bond donors (Lipinski definition) is 2. The van der Waals surface area contributed by atoms with Gasteiger partial charge in [-0.3, -0.25) is 9.98 Å². The Morgan fingerprint density at radius 2 is 2.27 bits per heavy atom. The first-order chi connectivity index (χ1) is 7.20. The van der Waals surface area contributed by atoms with Crippen LogP contribution in [-0.4, -0.2) is 21.6 Å². The van der Waals surface area contributed by atoms with Crippen LogP contribution in [0.2, 0.25) is 0 Å². The second-order valence-electron chi connectivity index (χ2n) is 3.04. The van der Waals surface area contributed by atoms with Crippen LogP contribution in [0.25, 0.3) is 0 Å². The van der Waals surface area contributed by atoms with Crippen LogP contribution in [0.4, 0.5) is 0 Å². The third-order valence-corrected chi connectivity index (χ3v) is 4.15. The van der Waals surface area contributed by atoms with Gasteiger partial charge >= 0.3 is 5.97 Å². The highest BCUT2D eigenvalue weighted by molar-refractivity contribution is 8.32. The van der Waals surface area contributed by atoms with E-state index in [0.29, 0.717) is 10.6 Å². The first-order valence-electron chi connectivity index (χ1n) is 4.39. The number of carboxylic acid groups (broad SMARTS) is 1. The molecule has 0 aliphatic carbocycles. The largest absolute Gasteiger partial charge is 0.477 e. The fourth-order valence-electron chi connectivity index (χ4n) is 1.37. The van der Waals surface area contributed by atoms with Crippen LogP contribution in [0.15, 0.2) is 45.0 Å². The van der Waals surface area contributed by atoms with Gasteiger partial charge in [-0.05, 0) is 19.1 Å². The zero-order valence-corrected chi connectivity index (χ0v) is 8.98. The molecule has 78 valence electrons. The van der Waals surface area contributed by atoms with E-state index in [4.69, 9.17) is 5.11 Å². The van der Waals surface area contributed by atoms with E-state index in [9.17, 15) is 4.79 Å². The van der Waals surface area contributed by atoms with Gasteiger partial charge in [-0.15, -0.1) is 10.9 Å². The van der Waals surface area contributed by atoms with E-state index in [1.807, 2.05) is 18.2 Å². The SMILES string of the molecule is CC1=C(C(=O)O)[SH](c2ccccn2)C=N1. The topological polar surface area (TPSA) is 62.5 Å². The molecule has 1 unspecified atom stereocenters. The molecule has 0 saturated carbocycles. The highest BCUT2D eigenvalue weighted by atomic mass is 32.2. The number of aliphatic imine (C=N–C) groups is 1. The maximum Gasteiger partial charge on any atom is 0.343 e. The van der Waals surface area contributed by atoms with Gasteiger partial charge in [-0.2, -0.15) is 0 Å². The van der Waals surface area contributed by atoms with E-state index >= 15 is 0 Å². The number of allylic oxidation sites excluding steroid dienone is 1. The second kappa shape index (κ2) is 3.86. The van der Waals surface area contributed by atoms with Crippen molar-refractivity contribution in [3.05, 3.63) is 35.0 Å². The minimum absolute atomic E-state index is 0.378. The number of aromatic nitrogens is 1. The molecule has 15 heavy (non-hydrogen) atoms. The first-order valence-corrected chi connectivity index (χ1v) is 5.80. The predicted octanol–water partition coefficient (Wildman–Crippen LogP) is 1.80. The van der Waals surface area contributed by atoms with E-state index in [1.54, 1.807) is 18.7 Å². The second-order valence-corrected chi connectivity index (χ2v) is 4.92. The van der Waals surface area contributed by atoms with Crippen LogP contribution in [0.5, 0.6) is 0 Å². The Morgan fingerprint density at radius 3 is 2.87 bits per heavy atom. The Morgan fingerprint density at radius 1 is 1.47 bits per heavy atom. The number of carboxylic acids is 1. The number of hydrogen-bond acceptors (Lipinski definition) is 3. The highest BCUT2D eigenvalue weighted by Gasteiger charge is 2.24. The van der Waals surface area contributed by atoms with Crippen molar-refractivity contribution in [2.75, 3.05) is 0 Å². The third-order valence-electron chi connectivity index (χ3n) is 2.05. The van der Waals surface area contributed by atoms with Gasteiger partial charge in [0.05, 0.1) is 16.3 Å². The normalized spacial score (nSPS) is 22.1. The van der Waals surface area contributed by atoms with Crippen LogP contribution in [0.3, 0.4) is 0 Å². The molecule has 1 aromatic rings. The van der Waals surface area contributed by atoms with Crippen molar-refractivity contribution in [2.45, 2.75) is 11.9 Å². The lowest BCUT2D eigenvalue weighted by molar-refractivity contribution is -0.131. The summed E-state index contributed by atoms with van der Waals surface area (Å²) in [6, 6.07) is 5.49. The fraction of sp³-hybridized carbons (Fsp3) is 0.100. The molecule has 2 rings (SSSR count). The summed E-state index contributed by atoms with van der Waals surface area (Å²) < 4.78 is 0. The highest BCUT2D eigenvalue weighted by Crippen LogP contribution is 2.45. The quantitative estimate of drug-likeness (QED) is 0.750. The molecular weight excluding hydrogens is 212 g/mol. The van der Waals surface area contributed by atoms with E-state index < -0.39 is 16.9 Å². The van der Waals surface area contributed by atoms with E-state index in [1.165, 1.54) is 0 Å². The molecule has 2 heterocycles. The molecule has 4 nitrogen and oxygen atoms in total. The minimum atomic E-state index is -1.01. The van der Waals surface area contributed by atoms with Gasteiger partial charge < -0.3 is 5.11 Å². The van der Waals surface area contributed by atoms with Gasteiger partial charge in [0, 0.05) is 6.20 Å². The molecule has 5 heteroatoms. The Kier molecular flexibility index (Phi) is 2.55. The zero-order chi connectivity index (χ0) is 10.8. The van der Waals surface area contributed by atoms with Crippen molar-refractivity contribution in [1.82, 2.24) is 4.98 Å². The molecule has 0 amide bonds. The van der Waals surface area contributed by atoms with Gasteiger partial charge in [0.1, 0.15) is 4.91 Å². The number of rotatable bonds is 2. The lowest BCUT2D eigenvalue weighted by atomic mass is 10.4. The number of pyridine rings is 1. The standard InChI is InChI=1S/C10H10N2O2S/c1-7-9(10(13)14)15(6-12-7)8-4-2-3-5-11-8/h2-6,15H,1H3,(H,13,14). The molecule has 0 spiro atoms. The van der Waals surface area contributed by atoms with Crippen molar-refractivity contribution < 1.29 is 9.90 Å². The number of thiol groups is 1. The maximum atomic E-state index is 11.0. The molecule has 0 bridgehead atoms. The summed E-state index contributed by atoms with van der Waals surface area (Å²) in [7, 11) is -1.01. The lowest BCUT2D eigenvalue weighted by Gasteiger charge is -2.12. The summed E-state index contributed by atoms with van der Waals surface area (Å²) >= 11 is 0.